The van der Waals surface area contributed by atoms with Gasteiger partial charge in [-0.25, -0.2) is 18.1 Å². The second-order valence-electron chi connectivity index (χ2n) is 4.58. The Hall–Kier alpha value is -1.71. The van der Waals surface area contributed by atoms with Crippen LogP contribution in [-0.4, -0.2) is 44.3 Å². The van der Waals surface area contributed by atoms with E-state index in [1.165, 1.54) is 12.3 Å². The summed E-state index contributed by atoms with van der Waals surface area (Å²) in [5, 5.41) is 2.50. The topological polar surface area (TPSA) is 123 Å². The summed E-state index contributed by atoms with van der Waals surface area (Å²) in [6, 6.07) is 3.11. The zero-order chi connectivity index (χ0) is 15.9. The van der Waals surface area contributed by atoms with Gasteiger partial charge in [0, 0.05) is 0 Å². The number of amides is 1. The molecule has 1 aromatic heterocycles. The number of nitrogens with one attached hydrogen (secondary N) is 2. The summed E-state index contributed by atoms with van der Waals surface area (Å²) in [5.41, 5.74) is 5.85. The van der Waals surface area contributed by atoms with Crippen LogP contribution in [-0.2, 0) is 19.6 Å². The van der Waals surface area contributed by atoms with Crippen molar-refractivity contribution in [2.24, 2.45) is 0 Å². The number of sulfonamides is 1. The van der Waals surface area contributed by atoms with Crippen LogP contribution in [0.1, 0.15) is 13.8 Å². The Balaban J connectivity index is 2.36. The van der Waals surface area contributed by atoms with Crippen molar-refractivity contribution in [3.8, 4) is 0 Å². The molecule has 0 atom stereocenters. The number of nitrogens with two attached hydrogens (primary N) is 1. The van der Waals surface area contributed by atoms with Gasteiger partial charge in [-0.15, -0.1) is 0 Å². The molecule has 21 heavy (non-hydrogen) atoms. The Bertz CT molecular complexity index is 557. The molecular formula is C12H20N4O4S. The number of anilines is 2. The number of hydrogen-bond acceptors (Lipinski definition) is 6. The Labute approximate surface area is 124 Å². The lowest BCUT2D eigenvalue weighted by Crippen LogP contribution is -2.35. The molecule has 0 saturated heterocycles. The van der Waals surface area contributed by atoms with Crippen molar-refractivity contribution in [3.63, 3.8) is 0 Å². The van der Waals surface area contributed by atoms with Gasteiger partial charge >= 0.3 is 0 Å². The second-order valence-corrected chi connectivity index (χ2v) is 6.51. The van der Waals surface area contributed by atoms with E-state index in [0.29, 0.717) is 11.5 Å². The zero-order valence-electron chi connectivity index (χ0n) is 12.0. The fourth-order valence-electron chi connectivity index (χ4n) is 1.33. The molecule has 4 N–H and O–H groups in total. The molecule has 1 rings (SSSR count). The van der Waals surface area contributed by atoms with Crippen molar-refractivity contribution in [3.05, 3.63) is 18.3 Å². The minimum Gasteiger partial charge on any atom is -0.384 e. The van der Waals surface area contributed by atoms with Crippen LogP contribution in [0.15, 0.2) is 18.3 Å². The third kappa shape index (κ3) is 7.59. The van der Waals surface area contributed by atoms with E-state index in [9.17, 15) is 13.2 Å². The van der Waals surface area contributed by atoms with Gasteiger partial charge < -0.3 is 15.8 Å². The molecule has 1 amide bonds. The molecule has 0 spiro atoms. The molecule has 0 radical (unpaired) electrons. The minimum absolute atomic E-state index is 0.0403. The average Bonchev–Trinajstić information content (AvgIpc) is 2.39. The molecule has 0 aromatic carbocycles. The van der Waals surface area contributed by atoms with E-state index in [0.717, 1.165) is 0 Å². The molecule has 0 saturated carbocycles. The van der Waals surface area contributed by atoms with E-state index in [-0.39, 0.29) is 25.0 Å². The largest absolute Gasteiger partial charge is 0.384 e. The monoisotopic (exact) mass is 316 g/mol. The highest BCUT2D eigenvalue weighted by Gasteiger charge is 2.13. The maximum absolute atomic E-state index is 11.6. The Kier molecular flexibility index (Phi) is 6.53. The molecule has 0 aliphatic heterocycles. The van der Waals surface area contributed by atoms with Crippen LogP contribution < -0.4 is 15.8 Å². The molecule has 1 heterocycles. The van der Waals surface area contributed by atoms with Crippen molar-refractivity contribution < 1.29 is 17.9 Å². The fourth-order valence-corrected chi connectivity index (χ4v) is 2.14. The Morgan fingerprint density at radius 1 is 1.43 bits per heavy atom. The number of ether oxygens (including phenoxy) is 1. The van der Waals surface area contributed by atoms with Gasteiger partial charge in [-0.2, -0.15) is 0 Å². The molecule has 9 heteroatoms. The van der Waals surface area contributed by atoms with Gasteiger partial charge in [-0.1, -0.05) is 0 Å². The van der Waals surface area contributed by atoms with Crippen LogP contribution in [0.5, 0.6) is 0 Å². The lowest BCUT2D eigenvalue weighted by atomic mass is 10.4. The van der Waals surface area contributed by atoms with Crippen LogP contribution in [0, 0.1) is 0 Å². The smallest absolute Gasteiger partial charge is 0.239 e. The molecular weight excluding hydrogens is 296 g/mol. The number of aromatic nitrogens is 1. The van der Waals surface area contributed by atoms with E-state index in [1.807, 2.05) is 13.8 Å². The lowest BCUT2D eigenvalue weighted by molar-refractivity contribution is -0.115. The predicted octanol–water partition coefficient (Wildman–Crippen LogP) is -0.0533. The maximum Gasteiger partial charge on any atom is 0.239 e. The van der Waals surface area contributed by atoms with Gasteiger partial charge in [0.15, 0.2) is 0 Å². The molecule has 0 bridgehead atoms. The standard InChI is InChI=1S/C12H20N4O4S/c1-9(2)20-5-6-21(18,19)15-8-12(17)16-10-3-4-11(13)14-7-10/h3-4,7,9,15H,5-6,8H2,1-2H3,(H2,13,14)(H,16,17). The summed E-state index contributed by atoms with van der Waals surface area (Å²) in [6.45, 7) is 3.35. The van der Waals surface area contributed by atoms with Crippen LogP contribution in [0.3, 0.4) is 0 Å². The van der Waals surface area contributed by atoms with Crippen LogP contribution in [0.25, 0.3) is 0 Å². The average molecular weight is 316 g/mol. The summed E-state index contributed by atoms with van der Waals surface area (Å²) in [4.78, 5) is 15.4. The quantitative estimate of drug-likeness (QED) is 0.617. The van der Waals surface area contributed by atoms with Gasteiger partial charge in [0.25, 0.3) is 0 Å². The highest BCUT2D eigenvalue weighted by molar-refractivity contribution is 7.89. The normalized spacial score (nSPS) is 11.6. The van der Waals surface area contributed by atoms with E-state index < -0.39 is 15.9 Å². The SMILES string of the molecule is CC(C)OCCS(=O)(=O)NCC(=O)Nc1ccc(N)nc1. The number of hydrogen-bond donors (Lipinski definition) is 3. The van der Waals surface area contributed by atoms with E-state index in [1.54, 1.807) is 6.07 Å². The first-order chi connectivity index (χ1) is 9.78. The van der Waals surface area contributed by atoms with Crippen LogP contribution in [0.4, 0.5) is 11.5 Å². The number of pyridine rings is 1. The van der Waals surface area contributed by atoms with Crippen LogP contribution >= 0.6 is 0 Å². The number of carbonyl (C=O) groups excluding carboxylic acids is 1. The summed E-state index contributed by atoms with van der Waals surface area (Å²) >= 11 is 0. The summed E-state index contributed by atoms with van der Waals surface area (Å²) in [5.74, 6) is -0.351. The van der Waals surface area contributed by atoms with Gasteiger partial charge in [0.2, 0.25) is 15.9 Å². The molecule has 8 nitrogen and oxygen atoms in total. The van der Waals surface area contributed by atoms with E-state index in [2.05, 4.69) is 15.0 Å². The minimum atomic E-state index is -3.54. The third-order valence-corrected chi connectivity index (χ3v) is 3.61. The van der Waals surface area contributed by atoms with Gasteiger partial charge in [0.1, 0.15) is 5.82 Å². The first kappa shape index (κ1) is 17.3. The first-order valence-electron chi connectivity index (χ1n) is 6.39. The maximum atomic E-state index is 11.6. The highest BCUT2D eigenvalue weighted by Crippen LogP contribution is 2.06. The predicted molar refractivity (Wildman–Crippen MR) is 80.2 cm³/mol. The number of rotatable bonds is 8. The van der Waals surface area contributed by atoms with Gasteiger partial charge in [0.05, 0.1) is 36.9 Å². The summed E-state index contributed by atoms with van der Waals surface area (Å²) in [7, 11) is -3.54. The van der Waals surface area contributed by atoms with E-state index in [4.69, 9.17) is 10.5 Å². The van der Waals surface area contributed by atoms with Crippen molar-refractivity contribution >= 4 is 27.4 Å². The van der Waals surface area contributed by atoms with Gasteiger partial charge in [-0.3, -0.25) is 4.79 Å². The highest BCUT2D eigenvalue weighted by atomic mass is 32.2. The lowest BCUT2D eigenvalue weighted by Gasteiger charge is -2.09. The first-order valence-corrected chi connectivity index (χ1v) is 8.04. The second kappa shape index (κ2) is 7.91. The Morgan fingerprint density at radius 3 is 2.71 bits per heavy atom. The molecule has 0 aliphatic rings. The van der Waals surface area contributed by atoms with Crippen molar-refractivity contribution in [2.75, 3.05) is 30.0 Å². The molecule has 118 valence electrons. The Morgan fingerprint density at radius 2 is 2.14 bits per heavy atom. The van der Waals surface area contributed by atoms with Crippen LogP contribution in [0.2, 0.25) is 0 Å². The number of nitrogen functional groups attached to an aromatic ring is 1. The molecule has 0 aliphatic carbocycles. The molecule has 0 unspecified atom stereocenters. The molecule has 1 aromatic rings. The fraction of sp³-hybridized carbons (Fsp3) is 0.500. The molecule has 0 fully saturated rings. The third-order valence-electron chi connectivity index (χ3n) is 2.33. The van der Waals surface area contributed by atoms with Crippen molar-refractivity contribution in [2.45, 2.75) is 20.0 Å². The van der Waals surface area contributed by atoms with Gasteiger partial charge in [-0.05, 0) is 26.0 Å². The number of carbonyl (C=O) groups is 1. The number of nitrogens with zero attached hydrogens (tertiary/aromatic N) is 1. The van der Waals surface area contributed by atoms with E-state index >= 15 is 0 Å². The summed E-state index contributed by atoms with van der Waals surface area (Å²) in [6.07, 6.45) is 1.35. The summed E-state index contributed by atoms with van der Waals surface area (Å²) < 4.78 is 30.6. The zero-order valence-corrected chi connectivity index (χ0v) is 12.8. The van der Waals surface area contributed by atoms with Crippen molar-refractivity contribution in [1.29, 1.82) is 0 Å². The van der Waals surface area contributed by atoms with Crippen molar-refractivity contribution in [1.82, 2.24) is 9.71 Å².